The summed E-state index contributed by atoms with van der Waals surface area (Å²) in [5, 5.41) is 12.1. The molecule has 0 unspecified atom stereocenters. The maximum absolute atomic E-state index is 14.4. The number of ketones is 1. The largest absolute Gasteiger partial charge is 0.392 e. The molecule has 38 heavy (non-hydrogen) atoms. The van der Waals surface area contributed by atoms with Gasteiger partial charge in [-0.2, -0.15) is 0 Å². The van der Waals surface area contributed by atoms with Gasteiger partial charge >= 0.3 is 0 Å². The second kappa shape index (κ2) is 7.90. The third-order valence-electron chi connectivity index (χ3n) is 12.2. The summed E-state index contributed by atoms with van der Waals surface area (Å²) in [5.41, 5.74) is 2.98. The number of hydrogen-bond acceptors (Lipinski definition) is 4. The molecule has 1 saturated heterocycles. The average Bonchev–Trinajstić information content (AvgIpc) is 3.00. The van der Waals surface area contributed by atoms with E-state index in [1.54, 1.807) is 0 Å². The number of likely N-dealkylation sites (tertiary alicyclic amines) is 1. The zero-order valence-corrected chi connectivity index (χ0v) is 22.4. The fourth-order valence-electron chi connectivity index (χ4n) is 11.6. The van der Waals surface area contributed by atoms with Crippen LogP contribution >= 0.6 is 0 Å². The van der Waals surface area contributed by atoms with Crippen LogP contribution in [0.25, 0.3) is 0 Å². The van der Waals surface area contributed by atoms with E-state index in [1.807, 2.05) is 6.07 Å². The molecule has 4 heteroatoms. The summed E-state index contributed by atoms with van der Waals surface area (Å²) < 4.78 is 6.85. The van der Waals surface area contributed by atoms with Crippen molar-refractivity contribution in [3.8, 4) is 0 Å². The van der Waals surface area contributed by atoms with Crippen LogP contribution in [-0.2, 0) is 22.7 Å². The van der Waals surface area contributed by atoms with Crippen molar-refractivity contribution in [1.82, 2.24) is 4.90 Å². The van der Waals surface area contributed by atoms with Gasteiger partial charge in [0.1, 0.15) is 5.78 Å². The van der Waals surface area contributed by atoms with Gasteiger partial charge in [-0.3, -0.25) is 9.69 Å². The standard InChI is InChI=1S/C34H39NO3/c1-21-24-16-25-30-33-15-9-14-32(2,20-35(30)18-22-10-5-3-6-11-22)28(33)26(36)17-34(25,29(33)27(24)37)31(21)38-19-23-12-7-4-8-13-23/h3-8,10-13,24-25,27-31,37H,1,9,14-20H2,2H3/t24-,25-,27+,28-,29+,30+,31-,32+,33+,34-/m1/s1. The first-order valence-corrected chi connectivity index (χ1v) is 14.7. The van der Waals surface area contributed by atoms with E-state index in [0.29, 0.717) is 30.8 Å². The third-order valence-corrected chi connectivity index (χ3v) is 12.2. The molecule has 7 aliphatic rings. The van der Waals surface area contributed by atoms with E-state index in [-0.39, 0.29) is 40.1 Å². The Morgan fingerprint density at radius 3 is 2.47 bits per heavy atom. The van der Waals surface area contributed by atoms with E-state index in [0.717, 1.165) is 49.9 Å². The van der Waals surface area contributed by atoms with Gasteiger partial charge in [0.2, 0.25) is 0 Å². The highest BCUT2D eigenvalue weighted by Crippen LogP contribution is 2.82. The Morgan fingerprint density at radius 1 is 1.03 bits per heavy atom. The van der Waals surface area contributed by atoms with E-state index in [4.69, 9.17) is 4.74 Å². The first-order valence-electron chi connectivity index (χ1n) is 14.7. The first kappa shape index (κ1) is 23.6. The van der Waals surface area contributed by atoms with Gasteiger partial charge in [-0.25, -0.2) is 0 Å². The molecule has 10 atom stereocenters. The number of fused-ring (bicyclic) bond motifs is 1. The second-order valence-corrected chi connectivity index (χ2v) is 13.8. The predicted octanol–water partition coefficient (Wildman–Crippen LogP) is 5.40. The number of Topliss-reactive ketones (excluding diaryl/α,β-unsaturated/α-hetero) is 1. The Kier molecular flexibility index (Phi) is 4.91. The summed E-state index contributed by atoms with van der Waals surface area (Å²) in [6.07, 6.45) is 4.21. The molecule has 1 aliphatic heterocycles. The summed E-state index contributed by atoms with van der Waals surface area (Å²) in [6, 6.07) is 21.5. The van der Waals surface area contributed by atoms with Crippen molar-refractivity contribution in [2.45, 2.75) is 70.4 Å². The van der Waals surface area contributed by atoms with Crippen molar-refractivity contribution >= 4 is 5.78 Å². The molecule has 6 aliphatic carbocycles. The van der Waals surface area contributed by atoms with Gasteiger partial charge in [-0.15, -0.1) is 0 Å². The van der Waals surface area contributed by atoms with E-state index < -0.39 is 6.10 Å². The van der Waals surface area contributed by atoms with Gasteiger partial charge in [0, 0.05) is 54.1 Å². The van der Waals surface area contributed by atoms with E-state index >= 15 is 0 Å². The number of carbonyl (C=O) groups is 1. The third kappa shape index (κ3) is 2.75. The molecule has 1 N–H and O–H groups in total. The number of ether oxygens (including phenoxy) is 1. The molecule has 6 saturated carbocycles. The Bertz CT molecular complexity index is 1290. The number of benzene rings is 2. The number of rotatable bonds is 5. The summed E-state index contributed by atoms with van der Waals surface area (Å²) in [4.78, 5) is 17.2. The highest BCUT2D eigenvalue weighted by atomic mass is 16.5. The molecule has 0 amide bonds. The number of piperidine rings is 1. The maximum atomic E-state index is 14.4. The van der Waals surface area contributed by atoms with E-state index in [2.05, 4.69) is 73.0 Å². The van der Waals surface area contributed by atoms with Crippen LogP contribution in [0, 0.1) is 39.9 Å². The molecule has 198 valence electrons. The summed E-state index contributed by atoms with van der Waals surface area (Å²) in [5.74, 6) is 1.03. The number of aliphatic hydroxyl groups is 1. The van der Waals surface area contributed by atoms with Gasteiger partial charge in [0.05, 0.1) is 18.8 Å². The second-order valence-electron chi connectivity index (χ2n) is 13.8. The highest BCUT2D eigenvalue weighted by molar-refractivity contribution is 5.87. The lowest BCUT2D eigenvalue weighted by atomic mass is 9.38. The van der Waals surface area contributed by atoms with Crippen molar-refractivity contribution in [2.24, 2.45) is 39.9 Å². The summed E-state index contributed by atoms with van der Waals surface area (Å²) >= 11 is 0. The van der Waals surface area contributed by atoms with Crippen LogP contribution in [0.1, 0.15) is 50.2 Å². The van der Waals surface area contributed by atoms with Gasteiger partial charge < -0.3 is 9.84 Å². The van der Waals surface area contributed by atoms with Crippen LogP contribution in [0.4, 0.5) is 0 Å². The lowest BCUT2D eigenvalue weighted by Gasteiger charge is -2.68. The molecular formula is C34H39NO3. The molecule has 0 aromatic heterocycles. The van der Waals surface area contributed by atoms with Crippen molar-refractivity contribution < 1.29 is 14.6 Å². The SMILES string of the molecule is C=C1[C@H]2C[C@@H]3[C@@H]4N(Cc5ccccc5)C[C@]5(C)CCC[C@]46[C@H]([C@H]2O)[C@]3(CC(=O)[C@H]56)[C@@H]1OCc1ccccc1. The summed E-state index contributed by atoms with van der Waals surface area (Å²) in [6.45, 7) is 9.36. The number of nitrogens with zero attached hydrogens (tertiary/aromatic N) is 1. The highest BCUT2D eigenvalue weighted by Gasteiger charge is 2.85. The van der Waals surface area contributed by atoms with Crippen LogP contribution in [0.3, 0.4) is 0 Å². The zero-order chi connectivity index (χ0) is 25.9. The van der Waals surface area contributed by atoms with Crippen LogP contribution in [0.15, 0.2) is 72.8 Å². The van der Waals surface area contributed by atoms with E-state index in [1.165, 1.54) is 5.56 Å². The average molecular weight is 510 g/mol. The lowest BCUT2D eigenvalue weighted by Crippen LogP contribution is -2.72. The smallest absolute Gasteiger partial charge is 0.137 e. The molecule has 0 radical (unpaired) electrons. The molecule has 9 rings (SSSR count). The van der Waals surface area contributed by atoms with Gasteiger partial charge in [0.15, 0.2) is 0 Å². The van der Waals surface area contributed by atoms with Crippen molar-refractivity contribution in [3.05, 3.63) is 83.9 Å². The van der Waals surface area contributed by atoms with Gasteiger partial charge in [-0.05, 0) is 47.3 Å². The van der Waals surface area contributed by atoms with Crippen molar-refractivity contribution in [2.75, 3.05) is 6.54 Å². The first-order chi connectivity index (χ1) is 18.4. The number of carbonyl (C=O) groups excluding carboxylic acids is 1. The monoisotopic (exact) mass is 509 g/mol. The van der Waals surface area contributed by atoms with Crippen LogP contribution < -0.4 is 0 Å². The number of aliphatic hydroxyl groups excluding tert-OH is 1. The zero-order valence-electron chi connectivity index (χ0n) is 22.4. The van der Waals surface area contributed by atoms with Crippen LogP contribution in [0.5, 0.6) is 0 Å². The van der Waals surface area contributed by atoms with Gasteiger partial charge in [-0.1, -0.05) is 80.6 Å². The molecule has 2 aromatic carbocycles. The predicted molar refractivity (Wildman–Crippen MR) is 146 cm³/mol. The molecule has 4 nitrogen and oxygen atoms in total. The molecule has 2 aromatic rings. The minimum Gasteiger partial charge on any atom is -0.392 e. The Morgan fingerprint density at radius 2 is 1.74 bits per heavy atom. The Balaban J connectivity index is 1.28. The minimum atomic E-state index is -0.421. The van der Waals surface area contributed by atoms with Crippen molar-refractivity contribution in [3.63, 3.8) is 0 Å². The molecule has 1 heterocycles. The van der Waals surface area contributed by atoms with Crippen molar-refractivity contribution in [1.29, 1.82) is 0 Å². The Labute approximate surface area is 226 Å². The fraction of sp³-hybridized carbons (Fsp3) is 0.559. The number of hydrogen-bond donors (Lipinski definition) is 1. The van der Waals surface area contributed by atoms with Crippen LogP contribution in [0.2, 0.25) is 0 Å². The van der Waals surface area contributed by atoms with E-state index in [9.17, 15) is 9.90 Å². The minimum absolute atomic E-state index is 0.0317. The quantitative estimate of drug-likeness (QED) is 0.548. The summed E-state index contributed by atoms with van der Waals surface area (Å²) in [7, 11) is 0. The molecule has 2 spiro atoms. The Hall–Kier alpha value is -2.27. The van der Waals surface area contributed by atoms with Gasteiger partial charge in [0.25, 0.3) is 0 Å². The fourth-order valence-corrected chi connectivity index (χ4v) is 11.6. The topological polar surface area (TPSA) is 49.8 Å². The molecule has 7 fully saturated rings. The molecule has 6 bridgehead atoms. The molecular weight excluding hydrogens is 470 g/mol. The normalized spacial score (nSPS) is 46.4. The maximum Gasteiger partial charge on any atom is 0.137 e. The lowest BCUT2D eigenvalue weighted by molar-refractivity contribution is -0.230. The van der Waals surface area contributed by atoms with Crippen LogP contribution in [-0.4, -0.2) is 40.6 Å².